The van der Waals surface area contributed by atoms with Crippen LogP contribution in [0.5, 0.6) is 11.5 Å². The summed E-state index contributed by atoms with van der Waals surface area (Å²) in [6, 6.07) is 11.4. The summed E-state index contributed by atoms with van der Waals surface area (Å²) >= 11 is 0. The first-order valence-corrected chi connectivity index (χ1v) is 9.40. The molecule has 6 heteroatoms. The van der Waals surface area contributed by atoms with Gasteiger partial charge in [0.2, 0.25) is 0 Å². The summed E-state index contributed by atoms with van der Waals surface area (Å²) in [6.45, 7) is 10.3. The number of benzene rings is 2. The first-order valence-electron chi connectivity index (χ1n) is 9.40. The molecule has 152 valence electrons. The Kier molecular flexibility index (Phi) is 7.15. The van der Waals surface area contributed by atoms with Crippen LogP contribution in [0.3, 0.4) is 0 Å². The summed E-state index contributed by atoms with van der Waals surface area (Å²) in [5.74, 6) is 0.979. The van der Waals surface area contributed by atoms with Crippen molar-refractivity contribution in [3.63, 3.8) is 0 Å². The maximum absolute atomic E-state index is 12.2. The van der Waals surface area contributed by atoms with Crippen molar-refractivity contribution in [1.29, 1.82) is 0 Å². The Morgan fingerprint density at radius 2 is 1.57 bits per heavy atom. The fourth-order valence-corrected chi connectivity index (χ4v) is 2.62. The average molecular weight is 386 g/mol. The number of nitrogens with one attached hydrogen (secondary N) is 1. The normalized spacial score (nSPS) is 11.0. The van der Waals surface area contributed by atoms with Crippen molar-refractivity contribution < 1.29 is 19.0 Å². The predicted molar refractivity (Wildman–Crippen MR) is 112 cm³/mol. The molecule has 28 heavy (non-hydrogen) atoms. The van der Waals surface area contributed by atoms with Crippen LogP contribution in [0.15, 0.2) is 36.4 Å². The number of esters is 1. The van der Waals surface area contributed by atoms with Crippen LogP contribution in [-0.4, -0.2) is 31.3 Å². The molecule has 0 aliphatic heterocycles. The number of hydrogen-bond acceptors (Lipinski definition) is 6. The minimum atomic E-state index is -0.879. The number of hydrogen-bond donors (Lipinski definition) is 2. The number of nitrogens with two attached hydrogens (primary N) is 1. The van der Waals surface area contributed by atoms with Crippen molar-refractivity contribution in [1.82, 2.24) is 0 Å². The van der Waals surface area contributed by atoms with Crippen LogP contribution >= 0.6 is 0 Å². The predicted octanol–water partition coefficient (Wildman–Crippen LogP) is 4.10. The largest absolute Gasteiger partial charge is 0.488 e. The number of carbonyl (C=O) groups is 1. The van der Waals surface area contributed by atoms with Gasteiger partial charge in [-0.3, -0.25) is 0 Å². The molecule has 2 rings (SSSR count). The maximum atomic E-state index is 12.2. The van der Waals surface area contributed by atoms with Crippen LogP contribution < -0.4 is 20.5 Å². The van der Waals surface area contributed by atoms with E-state index in [1.54, 1.807) is 20.8 Å². The number of rotatable bonds is 9. The van der Waals surface area contributed by atoms with E-state index < -0.39 is 5.54 Å². The summed E-state index contributed by atoms with van der Waals surface area (Å²) in [5, 5.41) is 3.21. The average Bonchev–Trinajstić information content (AvgIpc) is 2.63. The van der Waals surface area contributed by atoms with Gasteiger partial charge in [0.25, 0.3) is 0 Å². The molecule has 0 spiro atoms. The van der Waals surface area contributed by atoms with E-state index in [0.29, 0.717) is 37.0 Å². The molecular formula is C22H30N2O4. The molecule has 0 atom stereocenters. The van der Waals surface area contributed by atoms with E-state index in [1.165, 1.54) is 0 Å². The molecule has 6 nitrogen and oxygen atoms in total. The standard InChI is InChI=1S/C22H30N2O4/c1-6-26-21(25)22(4,5)24-18-10-8-16(3)14-20(18)28-12-11-27-19-13-15(2)7-9-17(19)23/h7-10,13-14,24H,6,11-12,23H2,1-5H3. The second-order valence-corrected chi connectivity index (χ2v) is 7.21. The van der Waals surface area contributed by atoms with E-state index in [9.17, 15) is 4.79 Å². The topological polar surface area (TPSA) is 82.8 Å². The monoisotopic (exact) mass is 386 g/mol. The zero-order chi connectivity index (χ0) is 20.7. The third-order valence-electron chi connectivity index (χ3n) is 4.14. The summed E-state index contributed by atoms with van der Waals surface area (Å²) in [6.07, 6.45) is 0. The maximum Gasteiger partial charge on any atom is 0.331 e. The molecule has 2 aromatic carbocycles. The lowest BCUT2D eigenvalue weighted by atomic mass is 10.0. The fraction of sp³-hybridized carbons (Fsp3) is 0.409. The van der Waals surface area contributed by atoms with Gasteiger partial charge in [0.1, 0.15) is 30.3 Å². The Labute approximate surface area is 167 Å². The van der Waals surface area contributed by atoms with Crippen LogP contribution in [0, 0.1) is 13.8 Å². The molecule has 3 N–H and O–H groups in total. The Bertz CT molecular complexity index is 818. The molecule has 0 saturated heterocycles. The molecular weight excluding hydrogens is 356 g/mol. The lowest BCUT2D eigenvalue weighted by molar-refractivity contribution is -0.147. The highest BCUT2D eigenvalue weighted by Gasteiger charge is 2.29. The van der Waals surface area contributed by atoms with Crippen molar-refractivity contribution in [2.24, 2.45) is 0 Å². The third-order valence-corrected chi connectivity index (χ3v) is 4.14. The Morgan fingerprint density at radius 1 is 1.00 bits per heavy atom. The van der Waals surface area contributed by atoms with E-state index in [2.05, 4.69) is 5.32 Å². The molecule has 0 fully saturated rings. The van der Waals surface area contributed by atoms with Gasteiger partial charge < -0.3 is 25.3 Å². The first kappa shape index (κ1) is 21.4. The lowest BCUT2D eigenvalue weighted by Gasteiger charge is -2.26. The van der Waals surface area contributed by atoms with E-state index in [1.807, 2.05) is 50.2 Å². The van der Waals surface area contributed by atoms with Crippen molar-refractivity contribution in [2.45, 2.75) is 40.2 Å². The van der Waals surface area contributed by atoms with Crippen molar-refractivity contribution >= 4 is 17.3 Å². The SMILES string of the molecule is CCOC(=O)C(C)(C)Nc1ccc(C)cc1OCCOc1cc(C)ccc1N. The molecule has 0 radical (unpaired) electrons. The van der Waals surface area contributed by atoms with Gasteiger partial charge in [-0.25, -0.2) is 4.79 Å². The van der Waals surface area contributed by atoms with Crippen LogP contribution in [0.1, 0.15) is 31.9 Å². The molecule has 0 unspecified atom stereocenters. The van der Waals surface area contributed by atoms with Gasteiger partial charge in [-0.1, -0.05) is 12.1 Å². The van der Waals surface area contributed by atoms with Crippen LogP contribution in [0.4, 0.5) is 11.4 Å². The number of anilines is 2. The van der Waals surface area contributed by atoms with E-state index in [-0.39, 0.29) is 5.97 Å². The molecule has 2 aromatic rings. The number of aryl methyl sites for hydroxylation is 2. The van der Waals surface area contributed by atoms with Gasteiger partial charge in [-0.2, -0.15) is 0 Å². The molecule has 0 amide bonds. The van der Waals surface area contributed by atoms with Crippen molar-refractivity contribution in [2.75, 3.05) is 30.9 Å². The van der Waals surface area contributed by atoms with Crippen molar-refractivity contribution in [3.8, 4) is 11.5 Å². The van der Waals surface area contributed by atoms with Crippen LogP contribution in [0.25, 0.3) is 0 Å². The van der Waals surface area contributed by atoms with E-state index >= 15 is 0 Å². The highest BCUT2D eigenvalue weighted by atomic mass is 16.5. The highest BCUT2D eigenvalue weighted by molar-refractivity contribution is 5.84. The van der Waals surface area contributed by atoms with Gasteiger partial charge >= 0.3 is 5.97 Å². The Morgan fingerprint density at radius 3 is 2.21 bits per heavy atom. The zero-order valence-electron chi connectivity index (χ0n) is 17.3. The van der Waals surface area contributed by atoms with E-state index in [4.69, 9.17) is 19.9 Å². The van der Waals surface area contributed by atoms with Gasteiger partial charge in [-0.15, -0.1) is 0 Å². The first-order chi connectivity index (χ1) is 13.2. The van der Waals surface area contributed by atoms with Gasteiger partial charge in [0, 0.05) is 0 Å². The summed E-state index contributed by atoms with van der Waals surface area (Å²) in [7, 11) is 0. The summed E-state index contributed by atoms with van der Waals surface area (Å²) in [5.41, 5.74) is 8.50. The summed E-state index contributed by atoms with van der Waals surface area (Å²) in [4.78, 5) is 12.2. The van der Waals surface area contributed by atoms with E-state index in [0.717, 1.165) is 16.8 Å². The fourth-order valence-electron chi connectivity index (χ4n) is 2.62. The van der Waals surface area contributed by atoms with Crippen LogP contribution in [-0.2, 0) is 9.53 Å². The molecule has 0 heterocycles. The van der Waals surface area contributed by atoms with Gasteiger partial charge in [0.15, 0.2) is 0 Å². The zero-order valence-corrected chi connectivity index (χ0v) is 17.3. The highest BCUT2D eigenvalue weighted by Crippen LogP contribution is 2.29. The van der Waals surface area contributed by atoms with Crippen LogP contribution in [0.2, 0.25) is 0 Å². The molecule has 0 bridgehead atoms. The smallest absolute Gasteiger partial charge is 0.331 e. The third kappa shape index (κ3) is 5.81. The second-order valence-electron chi connectivity index (χ2n) is 7.21. The Hall–Kier alpha value is -2.89. The molecule has 0 aliphatic rings. The van der Waals surface area contributed by atoms with Crippen molar-refractivity contribution in [3.05, 3.63) is 47.5 Å². The number of carbonyl (C=O) groups excluding carboxylic acids is 1. The second kappa shape index (κ2) is 9.35. The van der Waals surface area contributed by atoms with Gasteiger partial charge in [-0.05, 0) is 70.0 Å². The lowest BCUT2D eigenvalue weighted by Crippen LogP contribution is -2.41. The molecule has 0 saturated carbocycles. The number of nitrogen functional groups attached to an aromatic ring is 1. The Balaban J connectivity index is 2.02. The minimum absolute atomic E-state index is 0.320. The molecule has 0 aromatic heterocycles. The molecule has 0 aliphatic carbocycles. The summed E-state index contributed by atoms with van der Waals surface area (Å²) < 4.78 is 16.8. The minimum Gasteiger partial charge on any atom is -0.488 e. The quantitative estimate of drug-likeness (QED) is 0.384. The van der Waals surface area contributed by atoms with Gasteiger partial charge in [0.05, 0.1) is 18.0 Å². The number of ether oxygens (including phenoxy) is 3.